The van der Waals surface area contributed by atoms with E-state index in [-0.39, 0.29) is 11.7 Å². The van der Waals surface area contributed by atoms with Crippen molar-refractivity contribution in [3.63, 3.8) is 0 Å². The molecule has 28 heavy (non-hydrogen) atoms. The summed E-state index contributed by atoms with van der Waals surface area (Å²) < 4.78 is 24.7. The van der Waals surface area contributed by atoms with E-state index in [9.17, 15) is 9.18 Å². The molecule has 2 aliphatic heterocycles. The highest BCUT2D eigenvalue weighted by Crippen LogP contribution is 2.40. The molecule has 1 unspecified atom stereocenters. The van der Waals surface area contributed by atoms with Crippen LogP contribution in [0.15, 0.2) is 66.7 Å². The standard InChI is InChI=1S/C22H17FN2O3/c23-15-7-5-14(6-8-15)21-24-18-4-2-1-3-17(18)22(26)25(21)16-9-10-19-20(13-16)28-12-11-27-19/h1-10,13,21,24H,11-12H2. The number of carbonyl (C=O) groups is 1. The van der Waals surface area contributed by atoms with E-state index >= 15 is 0 Å². The molecule has 0 spiro atoms. The molecule has 1 N–H and O–H groups in total. The van der Waals surface area contributed by atoms with Gasteiger partial charge in [0.1, 0.15) is 25.2 Å². The summed E-state index contributed by atoms with van der Waals surface area (Å²) in [5.41, 5.74) is 2.77. The van der Waals surface area contributed by atoms with Crippen molar-refractivity contribution >= 4 is 17.3 Å². The number of ether oxygens (including phenoxy) is 2. The fourth-order valence-electron chi connectivity index (χ4n) is 3.58. The summed E-state index contributed by atoms with van der Waals surface area (Å²) in [6.07, 6.45) is -0.481. The van der Waals surface area contributed by atoms with E-state index < -0.39 is 6.17 Å². The Morgan fingerprint density at radius 2 is 1.68 bits per heavy atom. The molecule has 5 rings (SSSR count). The van der Waals surface area contributed by atoms with Crippen LogP contribution in [0.3, 0.4) is 0 Å². The molecule has 5 nitrogen and oxygen atoms in total. The topological polar surface area (TPSA) is 50.8 Å². The minimum Gasteiger partial charge on any atom is -0.486 e. The fourth-order valence-corrected chi connectivity index (χ4v) is 3.58. The van der Waals surface area contributed by atoms with Crippen molar-refractivity contribution in [1.29, 1.82) is 0 Å². The first kappa shape index (κ1) is 16.6. The van der Waals surface area contributed by atoms with Gasteiger partial charge < -0.3 is 14.8 Å². The first-order valence-corrected chi connectivity index (χ1v) is 9.05. The monoisotopic (exact) mass is 376 g/mol. The van der Waals surface area contributed by atoms with Crippen LogP contribution in [0, 0.1) is 5.82 Å². The first-order valence-electron chi connectivity index (χ1n) is 9.05. The second-order valence-electron chi connectivity index (χ2n) is 6.65. The van der Waals surface area contributed by atoms with E-state index in [1.54, 1.807) is 35.2 Å². The molecular formula is C22H17FN2O3. The van der Waals surface area contributed by atoms with Gasteiger partial charge in [-0.05, 0) is 42.0 Å². The van der Waals surface area contributed by atoms with Crippen LogP contribution in [0.2, 0.25) is 0 Å². The van der Waals surface area contributed by atoms with Gasteiger partial charge in [-0.2, -0.15) is 0 Å². The van der Waals surface area contributed by atoms with Crippen molar-refractivity contribution in [3.05, 3.63) is 83.7 Å². The Morgan fingerprint density at radius 3 is 2.50 bits per heavy atom. The minimum absolute atomic E-state index is 0.139. The van der Waals surface area contributed by atoms with Crippen LogP contribution < -0.4 is 19.7 Å². The summed E-state index contributed by atoms with van der Waals surface area (Å²) >= 11 is 0. The summed E-state index contributed by atoms with van der Waals surface area (Å²) in [7, 11) is 0. The summed E-state index contributed by atoms with van der Waals surface area (Å²) in [4.78, 5) is 15.0. The lowest BCUT2D eigenvalue weighted by Crippen LogP contribution is -2.43. The number of hydrogen-bond acceptors (Lipinski definition) is 4. The second kappa shape index (κ2) is 6.56. The Morgan fingerprint density at radius 1 is 0.929 bits per heavy atom. The predicted octanol–water partition coefficient (Wildman–Crippen LogP) is 4.37. The number of nitrogens with zero attached hydrogens (tertiary/aromatic N) is 1. The van der Waals surface area contributed by atoms with Crippen LogP contribution in [0.5, 0.6) is 11.5 Å². The summed E-state index contributed by atoms with van der Waals surface area (Å²) in [6.45, 7) is 0.967. The van der Waals surface area contributed by atoms with Crippen molar-refractivity contribution in [2.45, 2.75) is 6.17 Å². The molecule has 0 radical (unpaired) electrons. The van der Waals surface area contributed by atoms with Gasteiger partial charge in [-0.3, -0.25) is 9.69 Å². The maximum absolute atomic E-state index is 13.4. The molecule has 0 aromatic heterocycles. The Hall–Kier alpha value is -3.54. The predicted molar refractivity (Wildman–Crippen MR) is 103 cm³/mol. The molecule has 3 aromatic carbocycles. The number of amides is 1. The average Bonchev–Trinajstić information content (AvgIpc) is 2.74. The van der Waals surface area contributed by atoms with E-state index in [1.807, 2.05) is 24.3 Å². The lowest BCUT2D eigenvalue weighted by Gasteiger charge is -2.38. The third-order valence-electron chi connectivity index (χ3n) is 4.92. The molecule has 1 amide bonds. The highest BCUT2D eigenvalue weighted by molar-refractivity contribution is 6.12. The van der Waals surface area contributed by atoms with Gasteiger partial charge in [0, 0.05) is 11.8 Å². The summed E-state index contributed by atoms with van der Waals surface area (Å²) in [5, 5.41) is 3.40. The zero-order valence-electron chi connectivity index (χ0n) is 14.9. The van der Waals surface area contributed by atoms with Crippen LogP contribution >= 0.6 is 0 Å². The summed E-state index contributed by atoms with van der Waals surface area (Å²) in [6, 6.07) is 18.9. The number of halogens is 1. The molecule has 0 saturated carbocycles. The maximum atomic E-state index is 13.4. The lowest BCUT2D eigenvalue weighted by molar-refractivity contribution is 0.0974. The van der Waals surface area contributed by atoms with E-state index in [0.717, 1.165) is 11.3 Å². The zero-order chi connectivity index (χ0) is 19.1. The van der Waals surface area contributed by atoms with Gasteiger partial charge in [-0.15, -0.1) is 0 Å². The number of carbonyl (C=O) groups excluding carboxylic acids is 1. The molecule has 140 valence electrons. The fraction of sp³-hybridized carbons (Fsp3) is 0.136. The van der Waals surface area contributed by atoms with Gasteiger partial charge in [-0.1, -0.05) is 24.3 Å². The highest BCUT2D eigenvalue weighted by Gasteiger charge is 2.34. The largest absolute Gasteiger partial charge is 0.486 e. The van der Waals surface area contributed by atoms with E-state index in [0.29, 0.717) is 36.0 Å². The Kier molecular flexibility index (Phi) is 3.90. The Bertz CT molecular complexity index is 1050. The van der Waals surface area contributed by atoms with Crippen LogP contribution in [0.1, 0.15) is 22.1 Å². The molecule has 0 fully saturated rings. The summed E-state index contributed by atoms with van der Waals surface area (Å²) in [5.74, 6) is 0.803. The van der Waals surface area contributed by atoms with Crippen molar-refractivity contribution < 1.29 is 18.7 Å². The molecular weight excluding hydrogens is 359 g/mol. The van der Waals surface area contributed by atoms with Gasteiger partial charge >= 0.3 is 0 Å². The van der Waals surface area contributed by atoms with Crippen LogP contribution in [0.25, 0.3) is 0 Å². The Labute approximate surface area is 161 Å². The average molecular weight is 376 g/mol. The number of anilines is 2. The van der Waals surface area contributed by atoms with Crippen LogP contribution in [-0.4, -0.2) is 19.1 Å². The normalized spacial score (nSPS) is 17.7. The highest BCUT2D eigenvalue weighted by atomic mass is 19.1. The quantitative estimate of drug-likeness (QED) is 0.722. The van der Waals surface area contributed by atoms with Crippen LogP contribution in [-0.2, 0) is 0 Å². The number of benzene rings is 3. The number of hydrogen-bond donors (Lipinski definition) is 1. The molecule has 6 heteroatoms. The number of para-hydroxylation sites is 1. The van der Waals surface area contributed by atoms with Crippen molar-refractivity contribution in [2.75, 3.05) is 23.4 Å². The molecule has 0 bridgehead atoms. The smallest absolute Gasteiger partial charge is 0.262 e. The van der Waals surface area contributed by atoms with Crippen molar-refractivity contribution in [2.24, 2.45) is 0 Å². The van der Waals surface area contributed by atoms with E-state index in [2.05, 4.69) is 5.32 Å². The van der Waals surface area contributed by atoms with Gasteiger partial charge in [0.05, 0.1) is 11.3 Å². The van der Waals surface area contributed by atoms with E-state index in [4.69, 9.17) is 9.47 Å². The molecule has 3 aromatic rings. The molecule has 2 heterocycles. The van der Waals surface area contributed by atoms with Crippen molar-refractivity contribution in [3.8, 4) is 11.5 Å². The first-order chi connectivity index (χ1) is 13.7. The second-order valence-corrected chi connectivity index (χ2v) is 6.65. The number of fused-ring (bicyclic) bond motifs is 2. The number of rotatable bonds is 2. The molecule has 0 saturated heterocycles. The third-order valence-corrected chi connectivity index (χ3v) is 4.92. The third kappa shape index (κ3) is 2.74. The van der Waals surface area contributed by atoms with Crippen LogP contribution in [0.4, 0.5) is 15.8 Å². The van der Waals surface area contributed by atoms with Gasteiger partial charge in [-0.25, -0.2) is 4.39 Å². The molecule has 0 aliphatic carbocycles. The minimum atomic E-state index is -0.481. The SMILES string of the molecule is O=C1c2ccccc2NC(c2ccc(F)cc2)N1c1ccc2c(c1)OCCO2. The van der Waals surface area contributed by atoms with E-state index in [1.165, 1.54) is 12.1 Å². The molecule has 2 aliphatic rings. The maximum Gasteiger partial charge on any atom is 0.262 e. The zero-order valence-corrected chi connectivity index (χ0v) is 14.9. The molecule has 1 atom stereocenters. The van der Waals surface area contributed by atoms with Gasteiger partial charge in [0.25, 0.3) is 5.91 Å². The van der Waals surface area contributed by atoms with Crippen molar-refractivity contribution in [1.82, 2.24) is 0 Å². The Balaban J connectivity index is 1.63. The van der Waals surface area contributed by atoms with Gasteiger partial charge in [0.2, 0.25) is 0 Å². The lowest BCUT2D eigenvalue weighted by atomic mass is 10.0. The number of nitrogens with one attached hydrogen (secondary N) is 1. The van der Waals surface area contributed by atoms with Gasteiger partial charge in [0.15, 0.2) is 11.5 Å².